The molecule has 120 valence electrons. The molecule has 2 aromatic rings. The summed E-state index contributed by atoms with van der Waals surface area (Å²) in [6.07, 6.45) is 0. The Balaban J connectivity index is 2.34. The van der Waals surface area contributed by atoms with Crippen molar-refractivity contribution in [2.45, 2.75) is 40.7 Å². The average Bonchev–Trinajstić information content (AvgIpc) is 2.71. The van der Waals surface area contributed by atoms with Crippen LogP contribution in [0.2, 0.25) is 0 Å². The highest BCUT2D eigenvalue weighted by Crippen LogP contribution is 2.32. The first-order valence-corrected chi connectivity index (χ1v) is 7.95. The highest BCUT2D eigenvalue weighted by atomic mass is 32.1. The van der Waals surface area contributed by atoms with Crippen molar-refractivity contribution in [2.75, 3.05) is 5.32 Å². The van der Waals surface area contributed by atoms with Crippen molar-refractivity contribution in [2.24, 2.45) is 0 Å². The molecule has 0 aliphatic heterocycles. The van der Waals surface area contributed by atoms with Crippen LogP contribution in [0.15, 0.2) is 10.9 Å². The summed E-state index contributed by atoms with van der Waals surface area (Å²) >= 11 is 1.36. The first-order chi connectivity index (χ1) is 10.8. The van der Waals surface area contributed by atoms with Crippen LogP contribution < -0.4 is 11.0 Å². The number of amides is 1. The maximum Gasteiger partial charge on any atom is 0.348 e. The van der Waals surface area contributed by atoms with Gasteiger partial charge in [-0.1, -0.05) is 0 Å². The van der Waals surface area contributed by atoms with Crippen LogP contribution in [-0.2, 0) is 4.79 Å². The molecule has 0 aromatic carbocycles. The van der Waals surface area contributed by atoms with Crippen LogP contribution >= 0.6 is 11.3 Å². The van der Waals surface area contributed by atoms with Gasteiger partial charge in [-0.3, -0.25) is 9.36 Å². The monoisotopic (exact) mass is 330 g/mol. The van der Waals surface area contributed by atoms with Gasteiger partial charge < -0.3 is 5.32 Å². The lowest BCUT2D eigenvalue weighted by Gasteiger charge is -2.17. The third-order valence-electron chi connectivity index (χ3n) is 3.78. The molecule has 0 saturated carbocycles. The van der Waals surface area contributed by atoms with Crippen molar-refractivity contribution >= 4 is 22.2 Å². The summed E-state index contributed by atoms with van der Waals surface area (Å²) in [7, 11) is 0. The van der Waals surface area contributed by atoms with Gasteiger partial charge in [-0.25, -0.2) is 4.79 Å². The van der Waals surface area contributed by atoms with Gasteiger partial charge in [-0.05, 0) is 46.2 Å². The maximum absolute atomic E-state index is 12.5. The molecule has 0 bridgehead atoms. The second-order valence-electron chi connectivity index (χ2n) is 5.46. The lowest BCUT2D eigenvalue weighted by atomic mass is 10.2. The van der Waals surface area contributed by atoms with Crippen LogP contribution in [0, 0.1) is 39.0 Å². The molecule has 0 aliphatic carbocycles. The van der Waals surface area contributed by atoms with Gasteiger partial charge in [0.25, 0.3) is 0 Å². The number of nitrogens with one attached hydrogen (secondary N) is 1. The first kappa shape index (κ1) is 16.9. The molecule has 1 amide bonds. The second-order valence-corrected chi connectivity index (χ2v) is 6.68. The molecule has 6 nitrogen and oxygen atoms in total. The fourth-order valence-corrected chi connectivity index (χ4v) is 3.43. The molecule has 7 heteroatoms. The van der Waals surface area contributed by atoms with Gasteiger partial charge in [0.2, 0.25) is 5.91 Å². The predicted octanol–water partition coefficient (Wildman–Crippen LogP) is 2.61. The Labute approximate surface area is 138 Å². The quantitative estimate of drug-likeness (QED) is 0.937. The summed E-state index contributed by atoms with van der Waals surface area (Å²) in [5.74, 6) is -0.349. The number of aromatic nitrogens is 2. The van der Waals surface area contributed by atoms with Crippen molar-refractivity contribution in [3.63, 3.8) is 0 Å². The number of rotatable bonds is 3. The summed E-state index contributed by atoms with van der Waals surface area (Å²) in [4.78, 5) is 29.4. The van der Waals surface area contributed by atoms with E-state index in [0.717, 1.165) is 10.4 Å². The number of carbonyl (C=O) groups excluding carboxylic acids is 1. The van der Waals surface area contributed by atoms with Crippen molar-refractivity contribution in [3.05, 3.63) is 43.9 Å². The van der Waals surface area contributed by atoms with Crippen LogP contribution in [0.5, 0.6) is 0 Å². The minimum Gasteiger partial charge on any atom is -0.315 e. The number of aryl methyl sites for hydroxylation is 3. The number of carbonyl (C=O) groups is 1. The third kappa shape index (κ3) is 3.17. The molecule has 1 unspecified atom stereocenters. The number of thiophene rings is 1. The molecule has 1 atom stereocenters. The minimum absolute atomic E-state index is 0.349. The topological polar surface area (TPSA) is 87.8 Å². The van der Waals surface area contributed by atoms with Crippen LogP contribution in [0.25, 0.3) is 0 Å². The largest absolute Gasteiger partial charge is 0.348 e. The number of anilines is 1. The number of hydrogen-bond acceptors (Lipinski definition) is 5. The summed E-state index contributed by atoms with van der Waals surface area (Å²) < 4.78 is 1.35. The van der Waals surface area contributed by atoms with Gasteiger partial charge in [0.1, 0.15) is 17.1 Å². The van der Waals surface area contributed by atoms with Crippen molar-refractivity contribution in [3.8, 4) is 6.07 Å². The van der Waals surface area contributed by atoms with E-state index in [9.17, 15) is 14.9 Å². The van der Waals surface area contributed by atoms with Gasteiger partial charge in [-0.15, -0.1) is 11.3 Å². The second kappa shape index (κ2) is 6.34. The molecular formula is C16H18N4O2S. The zero-order valence-electron chi connectivity index (χ0n) is 13.7. The van der Waals surface area contributed by atoms with E-state index >= 15 is 0 Å². The molecule has 0 fully saturated rings. The van der Waals surface area contributed by atoms with Crippen molar-refractivity contribution in [1.82, 2.24) is 9.55 Å². The Morgan fingerprint density at radius 1 is 1.39 bits per heavy atom. The molecule has 1 N–H and O–H groups in total. The number of nitrogens with zero attached hydrogens (tertiary/aromatic N) is 3. The van der Waals surface area contributed by atoms with Crippen LogP contribution in [-0.4, -0.2) is 15.5 Å². The van der Waals surface area contributed by atoms with Crippen molar-refractivity contribution < 1.29 is 4.79 Å². The molecule has 0 saturated heterocycles. The van der Waals surface area contributed by atoms with Gasteiger partial charge in [0.15, 0.2) is 0 Å². The lowest BCUT2D eigenvalue weighted by Crippen LogP contribution is -2.34. The molecular weight excluding hydrogens is 312 g/mol. The Bertz CT molecular complexity index is 873. The van der Waals surface area contributed by atoms with Crippen LogP contribution in [0.4, 0.5) is 5.00 Å². The fraction of sp³-hybridized carbons (Fsp3) is 0.375. The zero-order chi connectivity index (χ0) is 17.3. The van der Waals surface area contributed by atoms with E-state index < -0.39 is 11.7 Å². The number of hydrogen-bond donors (Lipinski definition) is 1. The molecule has 2 heterocycles. The maximum atomic E-state index is 12.5. The van der Waals surface area contributed by atoms with Crippen molar-refractivity contribution in [1.29, 1.82) is 5.26 Å². The summed E-state index contributed by atoms with van der Waals surface area (Å²) in [6, 6.07) is 3.15. The van der Waals surface area contributed by atoms with E-state index in [1.165, 1.54) is 15.9 Å². The van der Waals surface area contributed by atoms with Gasteiger partial charge in [0, 0.05) is 16.3 Å². The van der Waals surface area contributed by atoms with Crippen LogP contribution in [0.3, 0.4) is 0 Å². The molecule has 0 aliphatic rings. The van der Waals surface area contributed by atoms with E-state index in [-0.39, 0.29) is 5.91 Å². The predicted molar refractivity (Wildman–Crippen MR) is 89.8 cm³/mol. The third-order valence-corrected chi connectivity index (χ3v) is 4.90. The molecule has 0 spiro atoms. The average molecular weight is 330 g/mol. The van der Waals surface area contributed by atoms with E-state index in [1.54, 1.807) is 26.8 Å². The Morgan fingerprint density at radius 3 is 2.61 bits per heavy atom. The molecule has 2 rings (SSSR count). The summed E-state index contributed by atoms with van der Waals surface area (Å²) in [5, 5.41) is 12.5. The van der Waals surface area contributed by atoms with E-state index in [0.29, 0.717) is 22.0 Å². The van der Waals surface area contributed by atoms with Gasteiger partial charge in [-0.2, -0.15) is 10.2 Å². The smallest absolute Gasteiger partial charge is 0.315 e. The molecule has 0 radical (unpaired) electrons. The van der Waals surface area contributed by atoms with Gasteiger partial charge >= 0.3 is 5.69 Å². The fourth-order valence-electron chi connectivity index (χ4n) is 2.41. The van der Waals surface area contributed by atoms with Crippen LogP contribution in [0.1, 0.15) is 40.4 Å². The standard InChI is InChI=1S/C16H18N4O2S/c1-8-6-9(2)20(16(22)18-8)11(4)14(21)19-15-13(7-17)10(3)12(5)23-15/h6,11H,1-5H3,(H,19,21). The Hall–Kier alpha value is -2.46. The van der Waals surface area contributed by atoms with E-state index in [4.69, 9.17) is 0 Å². The summed E-state index contributed by atoms with van der Waals surface area (Å²) in [5.41, 5.74) is 2.17. The van der Waals surface area contributed by atoms with Gasteiger partial charge in [0.05, 0.1) is 5.56 Å². The Kier molecular flexibility index (Phi) is 4.66. The SMILES string of the molecule is Cc1cc(C)n(C(C)C(=O)Nc2sc(C)c(C)c2C#N)c(=O)n1. The molecule has 2 aromatic heterocycles. The first-order valence-electron chi connectivity index (χ1n) is 7.14. The van der Waals surface area contributed by atoms with E-state index in [2.05, 4.69) is 16.4 Å². The number of nitriles is 1. The summed E-state index contributed by atoms with van der Waals surface area (Å²) in [6.45, 7) is 8.89. The van der Waals surface area contributed by atoms with E-state index in [1.807, 2.05) is 13.8 Å². The lowest BCUT2D eigenvalue weighted by molar-refractivity contribution is -0.118. The Morgan fingerprint density at radius 2 is 2.04 bits per heavy atom. The normalized spacial score (nSPS) is 11.8. The molecule has 23 heavy (non-hydrogen) atoms. The zero-order valence-corrected chi connectivity index (χ0v) is 14.5. The minimum atomic E-state index is -0.718. The highest BCUT2D eigenvalue weighted by Gasteiger charge is 2.21. The highest BCUT2D eigenvalue weighted by molar-refractivity contribution is 7.16.